The van der Waals surface area contributed by atoms with Crippen LogP contribution in [0.4, 0.5) is 0 Å². The van der Waals surface area contributed by atoms with Gasteiger partial charge in [-0.2, -0.15) is 5.10 Å². The normalized spacial score (nSPS) is 11.1. The van der Waals surface area contributed by atoms with Crippen molar-refractivity contribution in [3.8, 4) is 5.75 Å². The lowest BCUT2D eigenvalue weighted by molar-refractivity contribution is -0.123. The van der Waals surface area contributed by atoms with E-state index in [-0.39, 0.29) is 12.5 Å². The first-order chi connectivity index (χ1) is 11.6. The maximum atomic E-state index is 11.7. The van der Waals surface area contributed by atoms with Gasteiger partial charge in [0, 0.05) is 11.2 Å². The monoisotopic (exact) mass is 342 g/mol. The van der Waals surface area contributed by atoms with Gasteiger partial charge in [0.05, 0.1) is 0 Å². The minimum absolute atomic E-state index is 0.0874. The maximum absolute atomic E-state index is 11.7. The van der Waals surface area contributed by atoms with Crippen molar-refractivity contribution >= 4 is 29.8 Å². The van der Waals surface area contributed by atoms with Gasteiger partial charge in [-0.25, -0.2) is 5.43 Å². The maximum Gasteiger partial charge on any atom is 0.277 e. The van der Waals surface area contributed by atoms with Gasteiger partial charge in [-0.15, -0.1) is 0 Å². The van der Waals surface area contributed by atoms with Crippen molar-refractivity contribution in [2.24, 2.45) is 5.10 Å². The lowest BCUT2D eigenvalue weighted by atomic mass is 10.1. The molecular formula is C19H19ClN2O2. The van der Waals surface area contributed by atoms with E-state index in [0.717, 1.165) is 16.7 Å². The molecule has 2 aromatic carbocycles. The highest BCUT2D eigenvalue weighted by atomic mass is 35.5. The van der Waals surface area contributed by atoms with Crippen molar-refractivity contribution in [3.05, 3.63) is 70.3 Å². The van der Waals surface area contributed by atoms with Gasteiger partial charge in [0.15, 0.2) is 6.61 Å². The van der Waals surface area contributed by atoms with E-state index in [1.807, 2.05) is 62.4 Å². The molecule has 0 unspecified atom stereocenters. The molecule has 0 aromatic heterocycles. The Labute approximate surface area is 146 Å². The molecular weight excluding hydrogens is 324 g/mol. The van der Waals surface area contributed by atoms with Crippen LogP contribution in [0.25, 0.3) is 6.08 Å². The molecule has 0 atom stereocenters. The molecule has 0 fully saturated rings. The number of carbonyl (C=O) groups is 1. The number of carbonyl (C=O) groups excluding carboxylic acids is 1. The Morgan fingerprint density at radius 1 is 1.21 bits per heavy atom. The largest absolute Gasteiger partial charge is 0.483 e. The standard InChI is InChI=1S/C19H19ClN2O2/c1-14-7-5-11-18(15(14)2)24-13-19(23)22-21-12-6-9-16-8-3-4-10-17(16)20/h3-12H,13H2,1-2H3,(H,22,23)/b9-6+,21-12+. The molecule has 0 spiro atoms. The van der Waals surface area contributed by atoms with Crippen molar-refractivity contribution in [2.75, 3.05) is 6.61 Å². The summed E-state index contributed by atoms with van der Waals surface area (Å²) in [7, 11) is 0. The van der Waals surface area contributed by atoms with Crippen LogP contribution in [0.5, 0.6) is 5.75 Å². The molecule has 1 amide bonds. The number of nitrogens with one attached hydrogen (secondary N) is 1. The van der Waals surface area contributed by atoms with Crippen molar-refractivity contribution in [1.82, 2.24) is 5.43 Å². The number of hydrogen-bond acceptors (Lipinski definition) is 3. The molecule has 0 aliphatic rings. The number of amides is 1. The van der Waals surface area contributed by atoms with E-state index < -0.39 is 0 Å². The molecule has 2 aromatic rings. The Bertz CT molecular complexity index is 770. The highest BCUT2D eigenvalue weighted by Crippen LogP contribution is 2.20. The summed E-state index contributed by atoms with van der Waals surface area (Å²) >= 11 is 6.03. The fourth-order valence-electron chi connectivity index (χ4n) is 1.97. The van der Waals surface area contributed by atoms with Gasteiger partial charge in [-0.05, 0) is 48.7 Å². The van der Waals surface area contributed by atoms with E-state index in [9.17, 15) is 4.79 Å². The van der Waals surface area contributed by atoms with E-state index in [1.54, 1.807) is 6.08 Å². The molecule has 0 aliphatic carbocycles. The minimum Gasteiger partial charge on any atom is -0.483 e. The third-order valence-electron chi connectivity index (χ3n) is 3.44. The van der Waals surface area contributed by atoms with Crippen LogP contribution in [0, 0.1) is 13.8 Å². The predicted octanol–water partition coefficient (Wildman–Crippen LogP) is 4.15. The van der Waals surface area contributed by atoms with E-state index in [1.165, 1.54) is 6.21 Å². The van der Waals surface area contributed by atoms with Crippen LogP contribution in [-0.2, 0) is 4.79 Å². The lowest BCUT2D eigenvalue weighted by Crippen LogP contribution is -2.24. The van der Waals surface area contributed by atoms with Gasteiger partial charge >= 0.3 is 0 Å². The molecule has 0 bridgehead atoms. The van der Waals surface area contributed by atoms with Crippen LogP contribution < -0.4 is 10.2 Å². The van der Waals surface area contributed by atoms with Crippen LogP contribution >= 0.6 is 11.6 Å². The highest BCUT2D eigenvalue weighted by Gasteiger charge is 2.04. The quantitative estimate of drug-likeness (QED) is 0.633. The third kappa shape index (κ3) is 5.25. The van der Waals surface area contributed by atoms with Crippen LogP contribution in [0.2, 0.25) is 5.02 Å². The van der Waals surface area contributed by atoms with Crippen molar-refractivity contribution in [1.29, 1.82) is 0 Å². The Morgan fingerprint density at radius 3 is 2.79 bits per heavy atom. The summed E-state index contributed by atoms with van der Waals surface area (Å²) in [5.74, 6) is 0.381. The van der Waals surface area contributed by atoms with Gasteiger partial charge in [0.25, 0.3) is 5.91 Å². The average Bonchev–Trinajstić information content (AvgIpc) is 2.57. The zero-order valence-corrected chi connectivity index (χ0v) is 14.4. The summed E-state index contributed by atoms with van der Waals surface area (Å²) < 4.78 is 5.50. The number of allylic oxidation sites excluding steroid dienone is 1. The second-order valence-corrected chi connectivity index (χ2v) is 5.59. The molecule has 0 radical (unpaired) electrons. The molecule has 0 heterocycles. The number of hydrazone groups is 1. The van der Waals surface area contributed by atoms with Crippen molar-refractivity contribution < 1.29 is 9.53 Å². The van der Waals surface area contributed by atoms with Gasteiger partial charge in [0.2, 0.25) is 0 Å². The molecule has 0 saturated heterocycles. The van der Waals surface area contributed by atoms with E-state index >= 15 is 0 Å². The second-order valence-electron chi connectivity index (χ2n) is 5.18. The topological polar surface area (TPSA) is 50.7 Å². The second kappa shape index (κ2) is 8.89. The van der Waals surface area contributed by atoms with Gasteiger partial charge in [0.1, 0.15) is 5.75 Å². The lowest BCUT2D eigenvalue weighted by Gasteiger charge is -2.09. The van der Waals surface area contributed by atoms with Crippen LogP contribution in [0.15, 0.2) is 53.6 Å². The molecule has 24 heavy (non-hydrogen) atoms. The minimum atomic E-state index is -0.321. The van der Waals surface area contributed by atoms with Crippen LogP contribution in [-0.4, -0.2) is 18.7 Å². The first-order valence-corrected chi connectivity index (χ1v) is 7.88. The fraction of sp³-hybridized carbons (Fsp3) is 0.158. The average molecular weight is 343 g/mol. The van der Waals surface area contributed by atoms with Crippen molar-refractivity contribution in [2.45, 2.75) is 13.8 Å². The smallest absolute Gasteiger partial charge is 0.277 e. The molecule has 5 heteroatoms. The molecule has 4 nitrogen and oxygen atoms in total. The van der Waals surface area contributed by atoms with Gasteiger partial charge in [-0.1, -0.05) is 48.0 Å². The van der Waals surface area contributed by atoms with E-state index in [2.05, 4.69) is 10.5 Å². The number of benzene rings is 2. The zero-order chi connectivity index (χ0) is 17.4. The van der Waals surface area contributed by atoms with E-state index in [4.69, 9.17) is 16.3 Å². The van der Waals surface area contributed by atoms with Crippen LogP contribution in [0.1, 0.15) is 16.7 Å². The number of halogens is 1. The SMILES string of the molecule is Cc1cccc(OCC(=O)N/N=C/C=C/c2ccccc2Cl)c1C. The summed E-state index contributed by atoms with van der Waals surface area (Å²) in [4.78, 5) is 11.7. The molecule has 0 saturated carbocycles. The molecule has 1 N–H and O–H groups in total. The number of ether oxygens (including phenoxy) is 1. The molecule has 124 valence electrons. The van der Waals surface area contributed by atoms with Crippen molar-refractivity contribution in [3.63, 3.8) is 0 Å². The molecule has 2 rings (SSSR count). The van der Waals surface area contributed by atoms with Crippen LogP contribution in [0.3, 0.4) is 0 Å². The summed E-state index contributed by atoms with van der Waals surface area (Å²) in [5.41, 5.74) is 5.44. The summed E-state index contributed by atoms with van der Waals surface area (Å²) in [5, 5.41) is 4.49. The Balaban J connectivity index is 1.79. The Kier molecular flexibility index (Phi) is 6.58. The highest BCUT2D eigenvalue weighted by molar-refractivity contribution is 6.32. The number of hydrogen-bond donors (Lipinski definition) is 1. The first-order valence-electron chi connectivity index (χ1n) is 7.50. The third-order valence-corrected chi connectivity index (χ3v) is 3.79. The Hall–Kier alpha value is -2.59. The first kappa shape index (κ1) is 17.8. The summed E-state index contributed by atoms with van der Waals surface area (Å²) in [6.45, 7) is 3.87. The number of nitrogens with zero attached hydrogens (tertiary/aromatic N) is 1. The van der Waals surface area contributed by atoms with Gasteiger partial charge in [-0.3, -0.25) is 4.79 Å². The number of aryl methyl sites for hydroxylation is 1. The Morgan fingerprint density at radius 2 is 2.00 bits per heavy atom. The summed E-state index contributed by atoms with van der Waals surface area (Å²) in [6, 6.07) is 13.2. The fourth-order valence-corrected chi connectivity index (χ4v) is 2.16. The van der Waals surface area contributed by atoms with E-state index in [0.29, 0.717) is 10.8 Å². The predicted molar refractivity (Wildman–Crippen MR) is 98.5 cm³/mol. The van der Waals surface area contributed by atoms with Gasteiger partial charge < -0.3 is 4.74 Å². The zero-order valence-electron chi connectivity index (χ0n) is 13.6. The number of rotatable bonds is 6. The molecule has 0 aliphatic heterocycles. The summed E-state index contributed by atoms with van der Waals surface area (Å²) in [6.07, 6.45) is 5.00.